The summed E-state index contributed by atoms with van der Waals surface area (Å²) < 4.78 is 5.59. The Labute approximate surface area is 197 Å². The minimum atomic E-state index is -0.836. The molecule has 0 bridgehead atoms. The zero-order chi connectivity index (χ0) is 24.7. The highest BCUT2D eigenvalue weighted by Gasteiger charge is 2.24. The van der Waals surface area contributed by atoms with Crippen LogP contribution < -0.4 is 15.5 Å². The Balaban J connectivity index is 1.56. The second-order valence-corrected chi connectivity index (χ2v) is 8.12. The monoisotopic (exact) mass is 462 g/mol. The van der Waals surface area contributed by atoms with E-state index in [1.54, 1.807) is 39.0 Å². The van der Waals surface area contributed by atoms with Crippen molar-refractivity contribution >= 4 is 34.5 Å². The second-order valence-electron chi connectivity index (χ2n) is 8.12. The largest absolute Gasteiger partial charge is 0.484 e. The summed E-state index contributed by atoms with van der Waals surface area (Å²) in [6.45, 7) is 4.98. The van der Waals surface area contributed by atoms with Crippen LogP contribution in [0.5, 0.6) is 5.75 Å². The first-order chi connectivity index (χ1) is 16.2. The van der Waals surface area contributed by atoms with E-state index in [1.807, 2.05) is 36.4 Å². The van der Waals surface area contributed by atoms with Crippen molar-refractivity contribution in [3.8, 4) is 5.75 Å². The first-order valence-electron chi connectivity index (χ1n) is 10.7. The number of nitrogens with one attached hydrogen (secondary N) is 2. The first kappa shape index (κ1) is 24.4. The van der Waals surface area contributed by atoms with E-state index in [0.717, 1.165) is 10.8 Å². The molecule has 0 aliphatic heterocycles. The number of hydrazone groups is 1. The lowest BCUT2D eigenvalue weighted by Gasteiger charge is -2.20. The summed E-state index contributed by atoms with van der Waals surface area (Å²) in [5.74, 6) is -0.608. The SMILES string of the molecule is Cc1ccc(C=NNC(=O)[C@H](NC(=O)COc2ccc3ccccc3c2)C(C)C)cc1[N+](=O)[O-]. The molecule has 0 spiro atoms. The van der Waals surface area contributed by atoms with Crippen LogP contribution in [0.1, 0.15) is 25.0 Å². The minimum absolute atomic E-state index is 0.0333. The predicted molar refractivity (Wildman–Crippen MR) is 130 cm³/mol. The van der Waals surface area contributed by atoms with Crippen molar-refractivity contribution in [3.63, 3.8) is 0 Å². The Kier molecular flexibility index (Phi) is 7.92. The fourth-order valence-electron chi connectivity index (χ4n) is 3.30. The Hall–Kier alpha value is -4.27. The molecule has 3 rings (SSSR count). The van der Waals surface area contributed by atoms with E-state index in [0.29, 0.717) is 16.9 Å². The topological polar surface area (TPSA) is 123 Å². The number of nitro groups is 1. The highest BCUT2D eigenvalue weighted by molar-refractivity contribution is 5.89. The molecule has 0 fully saturated rings. The van der Waals surface area contributed by atoms with Gasteiger partial charge in [-0.1, -0.05) is 56.3 Å². The van der Waals surface area contributed by atoms with Crippen molar-refractivity contribution in [1.82, 2.24) is 10.7 Å². The molecule has 0 radical (unpaired) electrons. The number of amides is 2. The summed E-state index contributed by atoms with van der Waals surface area (Å²) in [5, 5.41) is 19.7. The zero-order valence-electron chi connectivity index (χ0n) is 19.1. The van der Waals surface area contributed by atoms with Gasteiger partial charge in [-0.25, -0.2) is 5.43 Å². The molecular weight excluding hydrogens is 436 g/mol. The number of hydrogen-bond donors (Lipinski definition) is 2. The number of hydrogen-bond acceptors (Lipinski definition) is 6. The summed E-state index contributed by atoms with van der Waals surface area (Å²) in [4.78, 5) is 35.6. The lowest BCUT2D eigenvalue weighted by atomic mass is 10.0. The zero-order valence-corrected chi connectivity index (χ0v) is 19.1. The maximum absolute atomic E-state index is 12.6. The second kappa shape index (κ2) is 11.0. The van der Waals surface area contributed by atoms with Gasteiger partial charge in [-0.3, -0.25) is 19.7 Å². The van der Waals surface area contributed by atoms with Gasteiger partial charge in [0.05, 0.1) is 11.1 Å². The van der Waals surface area contributed by atoms with Crippen LogP contribution in [-0.2, 0) is 9.59 Å². The summed E-state index contributed by atoms with van der Waals surface area (Å²) >= 11 is 0. The van der Waals surface area contributed by atoms with Crippen molar-refractivity contribution < 1.29 is 19.2 Å². The van der Waals surface area contributed by atoms with Gasteiger partial charge in [0.2, 0.25) is 0 Å². The molecule has 0 saturated heterocycles. The van der Waals surface area contributed by atoms with Crippen molar-refractivity contribution in [2.75, 3.05) is 6.61 Å². The van der Waals surface area contributed by atoms with Crippen LogP contribution in [0.25, 0.3) is 10.8 Å². The Morgan fingerprint density at radius 1 is 1.09 bits per heavy atom. The third kappa shape index (κ3) is 6.38. The van der Waals surface area contributed by atoms with Crippen LogP contribution in [0.4, 0.5) is 5.69 Å². The molecule has 9 nitrogen and oxygen atoms in total. The van der Waals surface area contributed by atoms with E-state index in [1.165, 1.54) is 12.3 Å². The van der Waals surface area contributed by atoms with Gasteiger partial charge in [-0.2, -0.15) is 5.10 Å². The molecule has 3 aromatic rings. The molecule has 0 aliphatic carbocycles. The third-order valence-electron chi connectivity index (χ3n) is 5.17. The molecule has 0 unspecified atom stereocenters. The molecule has 0 aromatic heterocycles. The summed E-state index contributed by atoms with van der Waals surface area (Å²) in [7, 11) is 0. The normalized spacial score (nSPS) is 12.0. The molecule has 2 amide bonds. The third-order valence-corrected chi connectivity index (χ3v) is 5.17. The van der Waals surface area contributed by atoms with Gasteiger partial charge in [0, 0.05) is 17.2 Å². The fraction of sp³-hybridized carbons (Fsp3) is 0.240. The van der Waals surface area contributed by atoms with Crippen LogP contribution in [-0.4, -0.2) is 35.6 Å². The van der Waals surface area contributed by atoms with Gasteiger partial charge >= 0.3 is 0 Å². The standard InChI is InChI=1S/C25H26N4O5/c1-16(2)24(25(31)28-26-14-18-9-8-17(3)22(12-18)29(32)33)27-23(30)15-34-21-11-10-19-6-4-5-7-20(19)13-21/h4-14,16,24H,15H2,1-3H3,(H,27,30)(H,28,31)/t24-/m1/s1. The molecule has 9 heteroatoms. The summed E-state index contributed by atoms with van der Waals surface area (Å²) in [5.41, 5.74) is 3.34. The maximum Gasteiger partial charge on any atom is 0.272 e. The average Bonchev–Trinajstić information content (AvgIpc) is 2.81. The van der Waals surface area contributed by atoms with Gasteiger partial charge in [0.1, 0.15) is 11.8 Å². The number of carbonyl (C=O) groups is 2. The molecule has 0 aliphatic rings. The minimum Gasteiger partial charge on any atom is -0.484 e. The van der Waals surface area contributed by atoms with Gasteiger partial charge in [-0.15, -0.1) is 0 Å². The van der Waals surface area contributed by atoms with E-state index >= 15 is 0 Å². The number of fused-ring (bicyclic) bond motifs is 1. The lowest BCUT2D eigenvalue weighted by molar-refractivity contribution is -0.385. The Morgan fingerprint density at radius 2 is 1.82 bits per heavy atom. The van der Waals surface area contributed by atoms with Crippen molar-refractivity contribution in [3.05, 3.63) is 81.9 Å². The van der Waals surface area contributed by atoms with E-state index < -0.39 is 22.8 Å². The van der Waals surface area contributed by atoms with Crippen molar-refractivity contribution in [2.45, 2.75) is 26.8 Å². The van der Waals surface area contributed by atoms with Gasteiger partial charge in [0.25, 0.3) is 17.5 Å². The van der Waals surface area contributed by atoms with E-state index in [4.69, 9.17) is 4.74 Å². The number of benzene rings is 3. The predicted octanol–water partition coefficient (Wildman–Crippen LogP) is 3.73. The smallest absolute Gasteiger partial charge is 0.272 e. The average molecular weight is 463 g/mol. The number of nitro benzene ring substituents is 1. The van der Waals surface area contributed by atoms with E-state index in [9.17, 15) is 19.7 Å². The molecule has 34 heavy (non-hydrogen) atoms. The van der Waals surface area contributed by atoms with Crippen LogP contribution >= 0.6 is 0 Å². The van der Waals surface area contributed by atoms with E-state index in [2.05, 4.69) is 15.8 Å². The van der Waals surface area contributed by atoms with Crippen LogP contribution in [0.15, 0.2) is 65.8 Å². The number of carbonyl (C=O) groups excluding carboxylic acids is 2. The molecule has 2 N–H and O–H groups in total. The van der Waals surface area contributed by atoms with E-state index in [-0.39, 0.29) is 18.2 Å². The Bertz CT molecular complexity index is 1240. The summed E-state index contributed by atoms with van der Waals surface area (Å²) in [6, 6.07) is 17.2. The van der Waals surface area contributed by atoms with Crippen molar-refractivity contribution in [2.24, 2.45) is 11.0 Å². The van der Waals surface area contributed by atoms with Gasteiger partial charge in [-0.05, 0) is 35.7 Å². The van der Waals surface area contributed by atoms with Crippen LogP contribution in [0, 0.1) is 23.0 Å². The highest BCUT2D eigenvalue weighted by atomic mass is 16.6. The molecule has 0 heterocycles. The van der Waals surface area contributed by atoms with Gasteiger partial charge in [0.15, 0.2) is 6.61 Å². The molecule has 3 aromatic carbocycles. The number of nitrogens with zero attached hydrogens (tertiary/aromatic N) is 2. The molecular formula is C25H26N4O5. The quantitative estimate of drug-likeness (QED) is 0.285. The first-order valence-corrected chi connectivity index (χ1v) is 10.7. The lowest BCUT2D eigenvalue weighted by Crippen LogP contribution is -2.49. The number of ether oxygens (including phenoxy) is 1. The summed E-state index contributed by atoms with van der Waals surface area (Å²) in [6.07, 6.45) is 1.31. The van der Waals surface area contributed by atoms with Crippen LogP contribution in [0.2, 0.25) is 0 Å². The van der Waals surface area contributed by atoms with Crippen LogP contribution in [0.3, 0.4) is 0 Å². The van der Waals surface area contributed by atoms with Crippen molar-refractivity contribution in [1.29, 1.82) is 0 Å². The molecule has 176 valence electrons. The molecule has 0 saturated carbocycles. The van der Waals surface area contributed by atoms with Gasteiger partial charge < -0.3 is 10.1 Å². The maximum atomic E-state index is 12.6. The number of aryl methyl sites for hydroxylation is 1. The fourth-order valence-corrected chi connectivity index (χ4v) is 3.30. The Morgan fingerprint density at radius 3 is 2.53 bits per heavy atom. The highest BCUT2D eigenvalue weighted by Crippen LogP contribution is 2.20. The number of rotatable bonds is 9. The molecule has 1 atom stereocenters.